The van der Waals surface area contributed by atoms with Gasteiger partial charge in [0.25, 0.3) is 5.91 Å². The van der Waals surface area contributed by atoms with Crippen molar-refractivity contribution in [3.8, 4) is 5.75 Å². The third-order valence-electron chi connectivity index (χ3n) is 5.38. The van der Waals surface area contributed by atoms with Crippen LogP contribution in [0, 0.1) is 0 Å². The number of tetrazole rings is 1. The molecular weight excluding hydrogens is 392 g/mol. The third kappa shape index (κ3) is 5.20. The zero-order valence-corrected chi connectivity index (χ0v) is 18.0. The minimum atomic E-state index is -0.152. The van der Waals surface area contributed by atoms with E-state index in [-0.39, 0.29) is 18.6 Å². The number of carbonyl (C=O) groups is 1. The summed E-state index contributed by atoms with van der Waals surface area (Å²) >= 11 is 0. The fourth-order valence-electron chi connectivity index (χ4n) is 3.67. The molecule has 0 aliphatic carbocycles. The van der Waals surface area contributed by atoms with Crippen molar-refractivity contribution < 1.29 is 9.53 Å². The third-order valence-corrected chi connectivity index (χ3v) is 5.38. The van der Waals surface area contributed by atoms with Gasteiger partial charge in [0.05, 0.1) is 6.04 Å². The fraction of sp³-hybridized carbons (Fsp3) is 0.391. The summed E-state index contributed by atoms with van der Waals surface area (Å²) in [7, 11) is 0. The number of nitrogens with one attached hydrogen (secondary N) is 1. The molecule has 0 spiro atoms. The Labute approximate surface area is 182 Å². The molecule has 31 heavy (non-hydrogen) atoms. The number of rotatable bonds is 7. The molecule has 1 aliphatic heterocycles. The maximum Gasteiger partial charge on any atom is 0.255 e. The van der Waals surface area contributed by atoms with Gasteiger partial charge in [-0.25, -0.2) is 4.68 Å². The maximum absolute atomic E-state index is 12.6. The molecule has 2 aromatic carbocycles. The summed E-state index contributed by atoms with van der Waals surface area (Å²) in [4.78, 5) is 15.0. The summed E-state index contributed by atoms with van der Waals surface area (Å²) in [6, 6.07) is 15.3. The van der Waals surface area contributed by atoms with E-state index in [1.165, 1.54) is 24.9 Å². The lowest BCUT2D eigenvalue weighted by Gasteiger charge is -2.28. The van der Waals surface area contributed by atoms with Crippen LogP contribution in [0.1, 0.15) is 55.3 Å². The summed E-state index contributed by atoms with van der Waals surface area (Å²) < 4.78 is 7.49. The van der Waals surface area contributed by atoms with Crippen LogP contribution in [0.4, 0.5) is 11.4 Å². The van der Waals surface area contributed by atoms with E-state index in [9.17, 15) is 4.79 Å². The van der Waals surface area contributed by atoms with E-state index in [1.54, 1.807) is 28.9 Å². The second-order valence-corrected chi connectivity index (χ2v) is 8.00. The Kier molecular flexibility index (Phi) is 6.45. The van der Waals surface area contributed by atoms with Crippen LogP contribution in [0.3, 0.4) is 0 Å². The van der Waals surface area contributed by atoms with Gasteiger partial charge in [-0.3, -0.25) is 4.79 Å². The van der Waals surface area contributed by atoms with Gasteiger partial charge in [-0.1, -0.05) is 0 Å². The molecular formula is C23H28N6O2. The average Bonchev–Trinajstić information content (AvgIpc) is 3.28. The highest BCUT2D eigenvalue weighted by Crippen LogP contribution is 2.22. The summed E-state index contributed by atoms with van der Waals surface area (Å²) in [5.74, 6) is 1.16. The topological polar surface area (TPSA) is 85.2 Å². The average molecular weight is 421 g/mol. The van der Waals surface area contributed by atoms with Crippen LogP contribution in [-0.2, 0) is 6.61 Å². The zero-order valence-electron chi connectivity index (χ0n) is 18.0. The predicted molar refractivity (Wildman–Crippen MR) is 119 cm³/mol. The molecule has 8 heteroatoms. The highest BCUT2D eigenvalue weighted by Gasteiger charge is 2.12. The highest BCUT2D eigenvalue weighted by atomic mass is 16.5. The molecule has 162 valence electrons. The summed E-state index contributed by atoms with van der Waals surface area (Å²) in [5, 5.41) is 14.6. The van der Waals surface area contributed by atoms with Gasteiger partial charge < -0.3 is 15.0 Å². The first-order chi connectivity index (χ1) is 15.1. The minimum Gasteiger partial charge on any atom is -0.486 e. The van der Waals surface area contributed by atoms with Crippen LogP contribution >= 0.6 is 0 Å². The van der Waals surface area contributed by atoms with E-state index < -0.39 is 0 Å². The number of benzene rings is 2. The second kappa shape index (κ2) is 9.59. The van der Waals surface area contributed by atoms with Crippen LogP contribution in [0.5, 0.6) is 5.75 Å². The van der Waals surface area contributed by atoms with Crippen molar-refractivity contribution >= 4 is 17.3 Å². The normalized spacial score (nSPS) is 14.0. The van der Waals surface area contributed by atoms with Crippen LogP contribution in [0.2, 0.25) is 0 Å². The van der Waals surface area contributed by atoms with E-state index in [0.717, 1.165) is 18.8 Å². The molecule has 0 radical (unpaired) electrons. The zero-order chi connectivity index (χ0) is 21.6. The Hall–Kier alpha value is -3.42. The summed E-state index contributed by atoms with van der Waals surface area (Å²) in [6.07, 6.45) is 3.80. The van der Waals surface area contributed by atoms with Crippen molar-refractivity contribution in [1.29, 1.82) is 0 Å². The van der Waals surface area contributed by atoms with Gasteiger partial charge in [0.2, 0.25) is 0 Å². The van der Waals surface area contributed by atoms with Crippen LogP contribution in [0.15, 0.2) is 48.5 Å². The first-order valence-electron chi connectivity index (χ1n) is 10.8. The number of hydrogen-bond acceptors (Lipinski definition) is 6. The van der Waals surface area contributed by atoms with Crippen molar-refractivity contribution in [2.24, 2.45) is 0 Å². The molecule has 1 aromatic heterocycles. The Morgan fingerprint density at radius 1 is 1.03 bits per heavy atom. The molecule has 3 aromatic rings. The van der Waals surface area contributed by atoms with Crippen LogP contribution < -0.4 is 15.0 Å². The highest BCUT2D eigenvalue weighted by molar-refractivity contribution is 6.04. The van der Waals surface area contributed by atoms with E-state index >= 15 is 0 Å². The van der Waals surface area contributed by atoms with E-state index in [0.29, 0.717) is 17.1 Å². The molecule has 2 heterocycles. The second-order valence-electron chi connectivity index (χ2n) is 8.00. The number of amides is 1. The van der Waals surface area contributed by atoms with Gasteiger partial charge >= 0.3 is 0 Å². The lowest BCUT2D eigenvalue weighted by Crippen LogP contribution is -2.29. The van der Waals surface area contributed by atoms with Crippen molar-refractivity contribution in [2.75, 3.05) is 23.3 Å². The first-order valence-corrected chi connectivity index (χ1v) is 10.8. The molecule has 4 rings (SSSR count). The molecule has 8 nitrogen and oxygen atoms in total. The minimum absolute atomic E-state index is 0.152. The van der Waals surface area contributed by atoms with Crippen molar-refractivity contribution in [3.05, 3.63) is 59.9 Å². The maximum atomic E-state index is 12.6. The molecule has 1 saturated heterocycles. The van der Waals surface area contributed by atoms with E-state index in [4.69, 9.17) is 4.74 Å². The molecule has 0 bridgehead atoms. The number of carbonyl (C=O) groups excluding carboxylic acids is 1. The van der Waals surface area contributed by atoms with Gasteiger partial charge in [-0.05, 0) is 92.1 Å². The Bertz CT molecular complexity index is 992. The number of nitrogens with zero attached hydrogens (tertiary/aromatic N) is 5. The van der Waals surface area contributed by atoms with Gasteiger partial charge in [0, 0.05) is 30.0 Å². The predicted octanol–water partition coefficient (Wildman–Crippen LogP) is 4.08. The number of ether oxygens (including phenoxy) is 1. The van der Waals surface area contributed by atoms with Crippen LogP contribution in [-0.4, -0.2) is 39.2 Å². The summed E-state index contributed by atoms with van der Waals surface area (Å²) in [6.45, 7) is 6.49. The largest absolute Gasteiger partial charge is 0.486 e. The fourth-order valence-corrected chi connectivity index (χ4v) is 3.67. The lowest BCUT2D eigenvalue weighted by molar-refractivity contribution is 0.102. The Morgan fingerprint density at radius 3 is 2.42 bits per heavy atom. The van der Waals surface area contributed by atoms with Gasteiger partial charge in [-0.15, -0.1) is 5.10 Å². The Morgan fingerprint density at radius 2 is 1.74 bits per heavy atom. The number of piperidine rings is 1. The number of hydrogen-bond donors (Lipinski definition) is 1. The molecule has 1 aliphatic rings. The molecule has 1 amide bonds. The van der Waals surface area contributed by atoms with Crippen LogP contribution in [0.25, 0.3) is 0 Å². The lowest BCUT2D eigenvalue weighted by atomic mass is 10.1. The SMILES string of the molecule is CC(C)n1nnnc1COc1ccc(C(=O)Nc2ccc(N3CCCCC3)cc2)cc1. The van der Waals surface area contributed by atoms with Gasteiger partial charge in [0.1, 0.15) is 12.4 Å². The van der Waals surface area contributed by atoms with E-state index in [2.05, 4.69) is 37.9 Å². The summed E-state index contributed by atoms with van der Waals surface area (Å²) in [5.41, 5.74) is 2.56. The van der Waals surface area contributed by atoms with E-state index in [1.807, 2.05) is 26.0 Å². The first kappa shape index (κ1) is 20.8. The quantitative estimate of drug-likeness (QED) is 0.620. The van der Waals surface area contributed by atoms with Gasteiger partial charge in [-0.2, -0.15) is 0 Å². The number of aromatic nitrogens is 4. The monoisotopic (exact) mass is 420 g/mol. The Balaban J connectivity index is 1.32. The molecule has 0 atom stereocenters. The molecule has 1 N–H and O–H groups in total. The van der Waals surface area contributed by atoms with Gasteiger partial charge in [0.15, 0.2) is 5.82 Å². The van der Waals surface area contributed by atoms with Crippen molar-refractivity contribution in [1.82, 2.24) is 20.2 Å². The standard InChI is InChI=1S/C23H28N6O2/c1-17(2)29-22(25-26-27-29)16-31-21-12-6-18(7-13-21)23(30)24-19-8-10-20(11-9-19)28-14-4-3-5-15-28/h6-13,17H,3-5,14-16H2,1-2H3,(H,24,30). The molecule has 0 saturated carbocycles. The van der Waals surface area contributed by atoms with Crippen molar-refractivity contribution in [3.63, 3.8) is 0 Å². The molecule has 1 fully saturated rings. The number of anilines is 2. The smallest absolute Gasteiger partial charge is 0.255 e. The molecule has 0 unspecified atom stereocenters. The van der Waals surface area contributed by atoms with Crippen molar-refractivity contribution in [2.45, 2.75) is 45.8 Å².